The Hall–Kier alpha value is -2.64. The van der Waals surface area contributed by atoms with Gasteiger partial charge in [-0.1, -0.05) is 0 Å². The van der Waals surface area contributed by atoms with Crippen LogP contribution < -0.4 is 11.1 Å². The Morgan fingerprint density at radius 2 is 2.05 bits per heavy atom. The van der Waals surface area contributed by atoms with Gasteiger partial charge in [0.25, 0.3) is 0 Å². The number of hydrogen-bond donors (Lipinski definition) is 3. The minimum atomic E-state index is -1.15. The molecule has 4 N–H and O–H groups in total. The third kappa shape index (κ3) is 4.23. The molecule has 0 bridgehead atoms. The van der Waals surface area contributed by atoms with E-state index in [9.17, 15) is 14.4 Å². The first kappa shape index (κ1) is 15.4. The fraction of sp³-hybridized carbons (Fsp3) is 0.333. The summed E-state index contributed by atoms with van der Waals surface area (Å²) in [6, 6.07) is 1.96. The summed E-state index contributed by atoms with van der Waals surface area (Å²) in [5.41, 5.74) is 5.28. The fourth-order valence-corrected chi connectivity index (χ4v) is 1.45. The highest BCUT2D eigenvalue weighted by Crippen LogP contribution is 2.09. The summed E-state index contributed by atoms with van der Waals surface area (Å²) in [4.78, 5) is 38.5. The number of carbonyl (C=O) groups excluding carboxylic acids is 2. The monoisotopic (exact) mass is 280 g/mol. The third-order valence-electron chi connectivity index (χ3n) is 2.44. The van der Waals surface area contributed by atoms with Gasteiger partial charge in [0.15, 0.2) is 0 Å². The zero-order chi connectivity index (χ0) is 15.3. The number of primary amides is 1. The van der Waals surface area contributed by atoms with Crippen LogP contribution in [-0.2, 0) is 4.79 Å². The van der Waals surface area contributed by atoms with Crippen molar-refractivity contribution in [2.24, 2.45) is 5.73 Å². The number of nitrogens with zero attached hydrogens (tertiary/aromatic N) is 2. The zero-order valence-corrected chi connectivity index (χ0v) is 11.2. The highest BCUT2D eigenvalue weighted by molar-refractivity contribution is 5.92. The summed E-state index contributed by atoms with van der Waals surface area (Å²) < 4.78 is 0. The third-order valence-corrected chi connectivity index (χ3v) is 2.44. The molecule has 0 aliphatic heterocycles. The van der Waals surface area contributed by atoms with Crippen LogP contribution in [0.1, 0.15) is 24.3 Å². The first-order valence-electron chi connectivity index (χ1n) is 5.86. The molecule has 0 saturated heterocycles. The first-order chi connectivity index (χ1) is 9.31. The molecule has 0 aliphatic rings. The molecule has 1 rings (SSSR count). The second-order valence-corrected chi connectivity index (χ2v) is 4.36. The lowest BCUT2D eigenvalue weighted by molar-refractivity contribution is -0.118. The Morgan fingerprint density at radius 1 is 1.40 bits per heavy atom. The molecule has 1 aromatic rings. The zero-order valence-electron chi connectivity index (χ0n) is 11.2. The molecule has 0 radical (unpaired) electrons. The van der Waals surface area contributed by atoms with E-state index < -0.39 is 17.9 Å². The predicted molar refractivity (Wildman–Crippen MR) is 71.3 cm³/mol. The number of amides is 3. The van der Waals surface area contributed by atoms with Crippen LogP contribution in [0.2, 0.25) is 0 Å². The number of urea groups is 1. The summed E-state index contributed by atoms with van der Waals surface area (Å²) in [6.07, 6.45) is 1.23. The molecular formula is C12H16N4O4. The van der Waals surface area contributed by atoms with Gasteiger partial charge in [-0.05, 0) is 26.0 Å². The van der Waals surface area contributed by atoms with Crippen molar-refractivity contribution in [3.05, 3.63) is 24.0 Å². The minimum absolute atomic E-state index is 0.124. The molecule has 0 unspecified atom stereocenters. The van der Waals surface area contributed by atoms with E-state index in [-0.39, 0.29) is 18.3 Å². The fourth-order valence-electron chi connectivity index (χ4n) is 1.45. The number of carboxylic acid groups (broad SMARTS) is 1. The van der Waals surface area contributed by atoms with Crippen molar-refractivity contribution in [1.29, 1.82) is 0 Å². The Morgan fingerprint density at radius 3 is 2.45 bits per heavy atom. The largest absolute Gasteiger partial charge is 0.477 e. The molecule has 0 aromatic carbocycles. The summed E-state index contributed by atoms with van der Waals surface area (Å²) >= 11 is 0. The predicted octanol–water partition coefficient (Wildman–Crippen LogP) is 0.507. The van der Waals surface area contributed by atoms with Crippen molar-refractivity contribution in [3.8, 4) is 0 Å². The van der Waals surface area contributed by atoms with E-state index in [2.05, 4.69) is 10.3 Å². The van der Waals surface area contributed by atoms with Crippen molar-refractivity contribution in [2.45, 2.75) is 19.9 Å². The van der Waals surface area contributed by atoms with Crippen LogP contribution in [0.15, 0.2) is 18.3 Å². The topological polar surface area (TPSA) is 126 Å². The van der Waals surface area contributed by atoms with Crippen LogP contribution in [0.3, 0.4) is 0 Å². The van der Waals surface area contributed by atoms with Gasteiger partial charge in [-0.25, -0.2) is 14.6 Å². The molecular weight excluding hydrogens is 264 g/mol. The van der Waals surface area contributed by atoms with Crippen molar-refractivity contribution >= 4 is 23.6 Å². The second kappa shape index (κ2) is 6.50. The summed E-state index contributed by atoms with van der Waals surface area (Å²) in [7, 11) is 0. The molecule has 0 atom stereocenters. The van der Waals surface area contributed by atoms with Crippen molar-refractivity contribution in [1.82, 2.24) is 9.88 Å². The number of rotatable bonds is 5. The number of nitrogens with two attached hydrogens (primary N) is 1. The highest BCUT2D eigenvalue weighted by atomic mass is 16.4. The molecule has 0 fully saturated rings. The number of anilines is 1. The van der Waals surface area contributed by atoms with E-state index in [1.165, 1.54) is 23.2 Å². The lowest BCUT2D eigenvalue weighted by Crippen LogP contribution is -2.44. The number of nitrogens with one attached hydrogen (secondary N) is 1. The minimum Gasteiger partial charge on any atom is -0.477 e. The lowest BCUT2D eigenvalue weighted by Gasteiger charge is -2.25. The van der Waals surface area contributed by atoms with Crippen LogP contribution in [0.5, 0.6) is 0 Å². The average molecular weight is 280 g/mol. The van der Waals surface area contributed by atoms with Gasteiger partial charge in [0.1, 0.15) is 12.2 Å². The molecule has 1 aromatic heterocycles. The lowest BCUT2D eigenvalue weighted by atomic mass is 10.3. The molecule has 20 heavy (non-hydrogen) atoms. The van der Waals surface area contributed by atoms with Gasteiger partial charge in [0.2, 0.25) is 5.91 Å². The standard InChI is InChI=1S/C12H16N4O4/c1-7(2)16(6-10(13)17)12(20)15-8-3-4-9(11(18)19)14-5-8/h3-5,7H,6H2,1-2H3,(H2,13,17)(H,15,20)(H,18,19). The first-order valence-corrected chi connectivity index (χ1v) is 5.86. The molecule has 0 aliphatic carbocycles. The molecule has 8 nitrogen and oxygen atoms in total. The summed E-state index contributed by atoms with van der Waals surface area (Å²) in [5, 5.41) is 11.2. The van der Waals surface area contributed by atoms with Gasteiger partial charge in [-0.2, -0.15) is 0 Å². The van der Waals surface area contributed by atoms with Crippen molar-refractivity contribution in [2.75, 3.05) is 11.9 Å². The van der Waals surface area contributed by atoms with Gasteiger partial charge in [-0.3, -0.25) is 4.79 Å². The van der Waals surface area contributed by atoms with E-state index in [4.69, 9.17) is 10.8 Å². The maximum atomic E-state index is 12.0. The van der Waals surface area contributed by atoms with E-state index in [1.807, 2.05) is 0 Å². The van der Waals surface area contributed by atoms with Crippen molar-refractivity contribution < 1.29 is 19.5 Å². The van der Waals surface area contributed by atoms with Crippen LogP contribution in [0, 0.1) is 0 Å². The average Bonchev–Trinajstić information content (AvgIpc) is 2.35. The molecule has 3 amide bonds. The number of carboxylic acids is 1. The smallest absolute Gasteiger partial charge is 0.354 e. The van der Waals surface area contributed by atoms with Crippen LogP contribution >= 0.6 is 0 Å². The summed E-state index contributed by atoms with van der Waals surface area (Å²) in [5.74, 6) is -1.77. The Labute approximate surface area is 115 Å². The summed E-state index contributed by atoms with van der Waals surface area (Å²) in [6.45, 7) is 3.28. The molecule has 0 saturated carbocycles. The highest BCUT2D eigenvalue weighted by Gasteiger charge is 2.19. The van der Waals surface area contributed by atoms with Crippen LogP contribution in [0.4, 0.5) is 10.5 Å². The number of aromatic carboxylic acids is 1. The number of hydrogen-bond acceptors (Lipinski definition) is 4. The molecule has 108 valence electrons. The van der Waals surface area contributed by atoms with Gasteiger partial charge in [0.05, 0.1) is 11.9 Å². The maximum absolute atomic E-state index is 12.0. The number of aromatic nitrogens is 1. The SMILES string of the molecule is CC(C)N(CC(N)=O)C(=O)Nc1ccc(C(=O)O)nc1. The quantitative estimate of drug-likeness (QED) is 0.724. The van der Waals surface area contributed by atoms with Crippen molar-refractivity contribution in [3.63, 3.8) is 0 Å². The molecule has 1 heterocycles. The Balaban J connectivity index is 2.77. The molecule has 8 heteroatoms. The van der Waals surface area contributed by atoms with E-state index in [0.717, 1.165) is 0 Å². The van der Waals surface area contributed by atoms with E-state index in [1.54, 1.807) is 13.8 Å². The Kier molecular flexibility index (Phi) is 5.01. The van der Waals surface area contributed by atoms with E-state index in [0.29, 0.717) is 5.69 Å². The number of carbonyl (C=O) groups is 3. The van der Waals surface area contributed by atoms with Gasteiger partial charge in [-0.15, -0.1) is 0 Å². The maximum Gasteiger partial charge on any atom is 0.354 e. The number of pyridine rings is 1. The van der Waals surface area contributed by atoms with Gasteiger partial charge in [0, 0.05) is 6.04 Å². The van der Waals surface area contributed by atoms with Crippen LogP contribution in [-0.4, -0.2) is 45.5 Å². The Bertz CT molecular complexity index is 513. The van der Waals surface area contributed by atoms with Crippen LogP contribution in [0.25, 0.3) is 0 Å². The molecule has 0 spiro atoms. The van der Waals surface area contributed by atoms with Gasteiger partial charge >= 0.3 is 12.0 Å². The normalized spacial score (nSPS) is 10.2. The van der Waals surface area contributed by atoms with Gasteiger partial charge < -0.3 is 21.1 Å². The van der Waals surface area contributed by atoms with E-state index >= 15 is 0 Å². The second-order valence-electron chi connectivity index (χ2n) is 4.36.